The van der Waals surface area contributed by atoms with Crippen LogP contribution >= 0.6 is 23.2 Å². The first-order chi connectivity index (χ1) is 9.13. The monoisotopic (exact) mass is 298 g/mol. The van der Waals surface area contributed by atoms with Gasteiger partial charge in [0, 0.05) is 6.07 Å². The normalized spacial score (nSPS) is 10.9. The van der Waals surface area contributed by atoms with E-state index in [0.717, 1.165) is 0 Å². The summed E-state index contributed by atoms with van der Waals surface area (Å²) in [7, 11) is 0. The van der Waals surface area contributed by atoms with Gasteiger partial charge < -0.3 is 4.74 Å². The zero-order valence-electron chi connectivity index (χ0n) is 9.19. The summed E-state index contributed by atoms with van der Waals surface area (Å²) in [4.78, 5) is 7.90. The number of aromatic nitrogens is 4. The molecule has 0 fully saturated rings. The molecule has 0 aliphatic heterocycles. The van der Waals surface area contributed by atoms with Crippen molar-refractivity contribution in [2.45, 2.75) is 0 Å². The number of fused-ring (bicyclic) bond motifs is 1. The van der Waals surface area contributed by atoms with E-state index in [0.29, 0.717) is 16.8 Å². The predicted octanol–water partition coefficient (Wildman–Crippen LogP) is 3.59. The lowest BCUT2D eigenvalue weighted by Crippen LogP contribution is -1.92. The molecular formula is C11H5Cl2FN4O. The Morgan fingerprint density at radius 3 is 2.84 bits per heavy atom. The summed E-state index contributed by atoms with van der Waals surface area (Å²) in [5.74, 6) is 0.0262. The average Bonchev–Trinajstić information content (AvgIpc) is 2.82. The minimum atomic E-state index is -0.525. The highest BCUT2D eigenvalue weighted by molar-refractivity contribution is 6.30. The van der Waals surface area contributed by atoms with Gasteiger partial charge in [0.25, 0.3) is 0 Å². The van der Waals surface area contributed by atoms with Crippen molar-refractivity contribution in [2.75, 3.05) is 0 Å². The second kappa shape index (κ2) is 4.64. The molecule has 0 amide bonds. The van der Waals surface area contributed by atoms with Gasteiger partial charge in [-0.2, -0.15) is 15.1 Å². The molecule has 8 heteroatoms. The van der Waals surface area contributed by atoms with Gasteiger partial charge in [0.05, 0.1) is 11.2 Å². The Kier molecular flexibility index (Phi) is 2.96. The average molecular weight is 299 g/mol. The largest absolute Gasteiger partial charge is 0.438 e. The fourth-order valence-corrected chi connectivity index (χ4v) is 1.84. The van der Waals surface area contributed by atoms with Gasteiger partial charge >= 0.3 is 0 Å². The van der Waals surface area contributed by atoms with Gasteiger partial charge in [0.2, 0.25) is 11.2 Å². The maximum atomic E-state index is 13.1. The SMILES string of the molecule is Fc1ccc(Oc2nc(Cl)nc3[nH]ncc23)cc1Cl. The zero-order chi connectivity index (χ0) is 13.4. The van der Waals surface area contributed by atoms with E-state index >= 15 is 0 Å². The number of ether oxygens (including phenoxy) is 1. The number of benzene rings is 1. The smallest absolute Gasteiger partial charge is 0.234 e. The van der Waals surface area contributed by atoms with E-state index in [4.69, 9.17) is 27.9 Å². The van der Waals surface area contributed by atoms with Gasteiger partial charge in [-0.25, -0.2) is 4.39 Å². The van der Waals surface area contributed by atoms with Gasteiger partial charge in [-0.3, -0.25) is 5.10 Å². The van der Waals surface area contributed by atoms with E-state index in [-0.39, 0.29) is 16.2 Å². The molecule has 0 aliphatic carbocycles. The highest BCUT2D eigenvalue weighted by Crippen LogP contribution is 2.29. The molecule has 0 aliphatic rings. The number of hydrogen-bond acceptors (Lipinski definition) is 4. The molecule has 3 rings (SSSR count). The van der Waals surface area contributed by atoms with Gasteiger partial charge in [-0.15, -0.1) is 0 Å². The molecule has 0 radical (unpaired) electrons. The van der Waals surface area contributed by atoms with Crippen LogP contribution in [0.3, 0.4) is 0 Å². The van der Waals surface area contributed by atoms with E-state index in [1.54, 1.807) is 0 Å². The molecule has 1 aromatic carbocycles. The molecule has 3 aromatic rings. The van der Waals surface area contributed by atoms with Crippen LogP contribution in [0.25, 0.3) is 11.0 Å². The molecule has 0 spiro atoms. The van der Waals surface area contributed by atoms with Crippen molar-refractivity contribution in [1.29, 1.82) is 0 Å². The molecule has 0 unspecified atom stereocenters. The van der Waals surface area contributed by atoms with Crippen LogP contribution in [0, 0.1) is 5.82 Å². The quantitative estimate of drug-likeness (QED) is 0.734. The molecule has 0 saturated carbocycles. The van der Waals surface area contributed by atoms with Crippen molar-refractivity contribution in [3.8, 4) is 11.6 Å². The molecular weight excluding hydrogens is 294 g/mol. The first-order valence-corrected chi connectivity index (χ1v) is 5.88. The summed E-state index contributed by atoms with van der Waals surface area (Å²) in [6, 6.07) is 3.98. The lowest BCUT2D eigenvalue weighted by atomic mass is 10.3. The van der Waals surface area contributed by atoms with E-state index in [1.807, 2.05) is 0 Å². The van der Waals surface area contributed by atoms with Crippen LogP contribution in [-0.4, -0.2) is 20.2 Å². The predicted molar refractivity (Wildman–Crippen MR) is 68.2 cm³/mol. The minimum Gasteiger partial charge on any atom is -0.438 e. The summed E-state index contributed by atoms with van der Waals surface area (Å²) in [5, 5.41) is 7.01. The van der Waals surface area contributed by atoms with Crippen LogP contribution < -0.4 is 4.74 Å². The van der Waals surface area contributed by atoms with Crippen LogP contribution in [0.4, 0.5) is 4.39 Å². The Balaban J connectivity index is 2.04. The van der Waals surface area contributed by atoms with Crippen LogP contribution in [0.1, 0.15) is 0 Å². The van der Waals surface area contributed by atoms with Gasteiger partial charge in [-0.1, -0.05) is 11.6 Å². The molecule has 2 heterocycles. The zero-order valence-corrected chi connectivity index (χ0v) is 10.7. The maximum absolute atomic E-state index is 13.1. The fourth-order valence-electron chi connectivity index (χ4n) is 1.51. The summed E-state index contributed by atoms with van der Waals surface area (Å²) >= 11 is 11.4. The van der Waals surface area contributed by atoms with Gasteiger partial charge in [0.15, 0.2) is 5.65 Å². The summed E-state index contributed by atoms with van der Waals surface area (Å²) < 4.78 is 18.6. The number of nitrogens with zero attached hydrogens (tertiary/aromatic N) is 3. The van der Waals surface area contributed by atoms with Crippen LogP contribution in [0.5, 0.6) is 11.6 Å². The Hall–Kier alpha value is -1.92. The van der Waals surface area contributed by atoms with Crippen LogP contribution in [0.2, 0.25) is 10.3 Å². The summed E-state index contributed by atoms with van der Waals surface area (Å²) in [5.41, 5.74) is 0.447. The van der Waals surface area contributed by atoms with Crippen molar-refractivity contribution in [1.82, 2.24) is 20.2 Å². The molecule has 0 saturated heterocycles. The topological polar surface area (TPSA) is 63.7 Å². The van der Waals surface area contributed by atoms with E-state index in [1.165, 1.54) is 24.4 Å². The third-order valence-electron chi connectivity index (χ3n) is 2.35. The molecule has 5 nitrogen and oxygen atoms in total. The van der Waals surface area contributed by atoms with E-state index < -0.39 is 5.82 Å². The Morgan fingerprint density at radius 2 is 2.05 bits per heavy atom. The number of H-pyrrole nitrogens is 1. The first kappa shape index (κ1) is 12.1. The van der Waals surface area contributed by atoms with Crippen molar-refractivity contribution in [3.63, 3.8) is 0 Å². The summed E-state index contributed by atoms with van der Waals surface area (Å²) in [6.45, 7) is 0. The Bertz CT molecular complexity index is 762. The van der Waals surface area contributed by atoms with Crippen LogP contribution in [-0.2, 0) is 0 Å². The Morgan fingerprint density at radius 1 is 1.21 bits per heavy atom. The minimum absolute atomic E-state index is 0.0139. The Labute approximate surface area is 116 Å². The standard InChI is InChI=1S/C11H5Cl2FN4O/c12-7-3-5(1-2-8(7)14)19-10-6-4-15-18-9(6)16-11(13)17-10/h1-4H,(H,15,16,17,18). The van der Waals surface area contributed by atoms with E-state index in [9.17, 15) is 4.39 Å². The van der Waals surface area contributed by atoms with Crippen molar-refractivity contribution in [2.24, 2.45) is 0 Å². The number of rotatable bonds is 2. The second-order valence-electron chi connectivity index (χ2n) is 3.61. The number of hydrogen-bond donors (Lipinski definition) is 1. The maximum Gasteiger partial charge on any atom is 0.234 e. The number of aromatic amines is 1. The lowest BCUT2D eigenvalue weighted by Gasteiger charge is -2.06. The molecule has 96 valence electrons. The van der Waals surface area contributed by atoms with Crippen molar-refractivity contribution >= 4 is 34.2 Å². The third-order valence-corrected chi connectivity index (χ3v) is 2.81. The molecule has 2 aromatic heterocycles. The first-order valence-electron chi connectivity index (χ1n) is 5.13. The third kappa shape index (κ3) is 2.32. The lowest BCUT2D eigenvalue weighted by molar-refractivity contribution is 0.466. The van der Waals surface area contributed by atoms with Crippen LogP contribution in [0.15, 0.2) is 24.4 Å². The van der Waals surface area contributed by atoms with Crippen molar-refractivity contribution < 1.29 is 9.13 Å². The number of nitrogens with one attached hydrogen (secondary N) is 1. The molecule has 0 bridgehead atoms. The highest BCUT2D eigenvalue weighted by Gasteiger charge is 2.11. The van der Waals surface area contributed by atoms with Gasteiger partial charge in [-0.05, 0) is 23.7 Å². The fraction of sp³-hybridized carbons (Fsp3) is 0. The molecule has 19 heavy (non-hydrogen) atoms. The van der Waals surface area contributed by atoms with Gasteiger partial charge in [0.1, 0.15) is 17.0 Å². The van der Waals surface area contributed by atoms with Crippen molar-refractivity contribution in [3.05, 3.63) is 40.5 Å². The number of halogens is 3. The molecule has 1 N–H and O–H groups in total. The second-order valence-corrected chi connectivity index (χ2v) is 4.35. The highest BCUT2D eigenvalue weighted by atomic mass is 35.5. The van der Waals surface area contributed by atoms with E-state index in [2.05, 4.69) is 20.2 Å². The molecule has 0 atom stereocenters. The summed E-state index contributed by atoms with van der Waals surface area (Å²) in [6.07, 6.45) is 1.51.